The lowest BCUT2D eigenvalue weighted by Gasteiger charge is -2.22. The van der Waals surface area contributed by atoms with Crippen molar-refractivity contribution in [3.63, 3.8) is 0 Å². The van der Waals surface area contributed by atoms with E-state index in [1.54, 1.807) is 0 Å². The van der Waals surface area contributed by atoms with Crippen molar-refractivity contribution in [3.05, 3.63) is 35.4 Å². The Morgan fingerprint density at radius 2 is 1.84 bits per heavy atom. The average molecular weight is 347 g/mol. The Morgan fingerprint density at radius 1 is 1.20 bits per heavy atom. The number of esters is 1. The van der Waals surface area contributed by atoms with E-state index in [9.17, 15) is 9.59 Å². The smallest absolute Gasteiger partial charge is 0.315 e. The van der Waals surface area contributed by atoms with Crippen LogP contribution in [0.25, 0.3) is 0 Å². The molecule has 0 spiro atoms. The first-order valence-electron chi connectivity index (χ1n) is 8.68. The zero-order valence-electron chi connectivity index (χ0n) is 15.8. The number of nitrogens with zero attached hydrogens (tertiary/aromatic N) is 1. The van der Waals surface area contributed by atoms with Crippen LogP contribution in [-0.4, -0.2) is 49.7 Å². The number of hydrogen-bond acceptors (Lipinski definition) is 4. The van der Waals surface area contributed by atoms with Gasteiger partial charge < -0.3 is 20.3 Å². The monoisotopic (exact) mass is 347 g/mol. The molecule has 0 fully saturated rings. The van der Waals surface area contributed by atoms with Gasteiger partial charge in [-0.1, -0.05) is 24.3 Å². The minimum atomic E-state index is -0.527. The van der Waals surface area contributed by atoms with Crippen molar-refractivity contribution in [2.45, 2.75) is 44.8 Å². The number of urea groups is 1. The summed E-state index contributed by atoms with van der Waals surface area (Å²) >= 11 is 0. The fourth-order valence-corrected chi connectivity index (χ4v) is 2.97. The van der Waals surface area contributed by atoms with Crippen LogP contribution in [-0.2, 0) is 9.53 Å². The number of carbonyl (C=O) groups is 2. The molecular weight excluding hydrogens is 318 g/mol. The summed E-state index contributed by atoms with van der Waals surface area (Å²) in [7, 11) is 3.91. The van der Waals surface area contributed by atoms with E-state index in [1.165, 1.54) is 0 Å². The van der Waals surface area contributed by atoms with Gasteiger partial charge in [0.15, 0.2) is 0 Å². The second-order valence-corrected chi connectivity index (χ2v) is 7.71. The van der Waals surface area contributed by atoms with E-state index in [-0.39, 0.29) is 24.0 Å². The van der Waals surface area contributed by atoms with Gasteiger partial charge in [-0.2, -0.15) is 0 Å². The molecule has 2 atom stereocenters. The van der Waals surface area contributed by atoms with Gasteiger partial charge in [0.2, 0.25) is 0 Å². The zero-order chi connectivity index (χ0) is 18.6. The molecule has 2 rings (SSSR count). The molecule has 25 heavy (non-hydrogen) atoms. The molecule has 0 saturated carbocycles. The van der Waals surface area contributed by atoms with Gasteiger partial charge in [-0.25, -0.2) is 4.79 Å². The van der Waals surface area contributed by atoms with Crippen molar-refractivity contribution in [1.29, 1.82) is 0 Å². The van der Waals surface area contributed by atoms with E-state index >= 15 is 0 Å². The summed E-state index contributed by atoms with van der Waals surface area (Å²) in [6.45, 7) is 6.93. The first kappa shape index (κ1) is 19.2. The minimum absolute atomic E-state index is 0.187. The van der Waals surface area contributed by atoms with Gasteiger partial charge in [0.1, 0.15) is 5.60 Å². The van der Waals surface area contributed by atoms with Gasteiger partial charge in [-0.15, -0.1) is 0 Å². The van der Waals surface area contributed by atoms with Crippen molar-refractivity contribution in [3.8, 4) is 0 Å². The van der Waals surface area contributed by atoms with Gasteiger partial charge in [-0.05, 0) is 52.4 Å². The van der Waals surface area contributed by atoms with Gasteiger partial charge in [0.05, 0.1) is 12.0 Å². The second kappa shape index (κ2) is 7.87. The molecule has 0 heterocycles. The van der Waals surface area contributed by atoms with Crippen LogP contribution in [0.5, 0.6) is 0 Å². The van der Waals surface area contributed by atoms with Crippen molar-refractivity contribution < 1.29 is 14.3 Å². The summed E-state index contributed by atoms with van der Waals surface area (Å²) in [5.74, 6) is -0.584. The Balaban J connectivity index is 2.04. The van der Waals surface area contributed by atoms with E-state index in [0.717, 1.165) is 17.7 Å². The maximum Gasteiger partial charge on any atom is 0.315 e. The molecule has 1 aliphatic rings. The molecule has 6 nitrogen and oxygen atoms in total. The largest absolute Gasteiger partial charge is 0.459 e. The van der Waals surface area contributed by atoms with Gasteiger partial charge in [0, 0.05) is 13.1 Å². The Kier molecular flexibility index (Phi) is 6.06. The van der Waals surface area contributed by atoms with Crippen LogP contribution in [0.2, 0.25) is 0 Å². The maximum atomic E-state index is 12.5. The highest BCUT2D eigenvalue weighted by molar-refractivity contribution is 5.81. The molecule has 0 aromatic heterocycles. The Bertz CT molecular complexity index is 623. The molecule has 0 radical (unpaired) electrons. The number of carbonyl (C=O) groups excluding carboxylic acids is 2. The molecule has 138 valence electrons. The summed E-state index contributed by atoms with van der Waals surface area (Å²) in [5, 5.41) is 5.83. The van der Waals surface area contributed by atoms with Crippen LogP contribution >= 0.6 is 0 Å². The van der Waals surface area contributed by atoms with Crippen LogP contribution in [0.3, 0.4) is 0 Å². The van der Waals surface area contributed by atoms with Crippen molar-refractivity contribution in [2.24, 2.45) is 0 Å². The number of ether oxygens (including phenoxy) is 1. The van der Waals surface area contributed by atoms with Gasteiger partial charge >= 0.3 is 12.0 Å². The molecular formula is C19H29N3O3. The summed E-state index contributed by atoms with van der Waals surface area (Å²) in [6.07, 6.45) is 0.523. The number of fused-ring (bicyclic) bond motifs is 1. The third-order valence-electron chi connectivity index (χ3n) is 4.06. The third kappa shape index (κ3) is 5.46. The third-order valence-corrected chi connectivity index (χ3v) is 4.06. The number of amides is 2. The Hall–Kier alpha value is -2.08. The number of benzene rings is 1. The number of rotatable bonds is 5. The fourth-order valence-electron chi connectivity index (χ4n) is 2.97. The molecule has 6 heteroatoms. The van der Waals surface area contributed by atoms with Crippen LogP contribution < -0.4 is 10.6 Å². The molecule has 1 aromatic carbocycles. The van der Waals surface area contributed by atoms with E-state index in [1.807, 2.05) is 64.0 Å². The molecule has 2 amide bonds. The van der Waals surface area contributed by atoms with E-state index in [0.29, 0.717) is 13.0 Å². The maximum absolute atomic E-state index is 12.5. The Morgan fingerprint density at radius 3 is 2.44 bits per heavy atom. The number of nitrogens with one attached hydrogen (secondary N) is 2. The lowest BCUT2D eigenvalue weighted by atomic mass is 10.0. The summed E-state index contributed by atoms with van der Waals surface area (Å²) in [6, 6.07) is 7.34. The predicted octanol–water partition coefficient (Wildman–Crippen LogP) is 2.42. The van der Waals surface area contributed by atoms with Crippen LogP contribution in [0, 0.1) is 0 Å². The normalized spacial score (nSPS) is 19.4. The molecule has 0 saturated heterocycles. The fraction of sp³-hybridized carbons (Fsp3) is 0.579. The summed E-state index contributed by atoms with van der Waals surface area (Å²) in [4.78, 5) is 26.7. The standard InChI is InChI=1S/C19H29N3O3/c1-19(2,3)25-17(23)15-12-16(14-9-7-6-8-13(14)15)21-18(24)20-10-11-22(4)5/h6-9,15-16H,10-12H2,1-5H3,(H2,20,21,24). The molecule has 0 aliphatic heterocycles. The quantitative estimate of drug-likeness (QED) is 0.803. The summed E-state index contributed by atoms with van der Waals surface area (Å²) in [5.41, 5.74) is 1.40. The topological polar surface area (TPSA) is 70.7 Å². The van der Waals surface area contributed by atoms with Crippen LogP contribution in [0.15, 0.2) is 24.3 Å². The van der Waals surface area contributed by atoms with Gasteiger partial charge in [-0.3, -0.25) is 4.79 Å². The van der Waals surface area contributed by atoms with Crippen molar-refractivity contribution in [2.75, 3.05) is 27.2 Å². The van der Waals surface area contributed by atoms with Crippen LogP contribution in [0.1, 0.15) is 50.3 Å². The lowest BCUT2D eigenvalue weighted by molar-refractivity contribution is -0.156. The SMILES string of the molecule is CN(C)CCNC(=O)NC1CC(C(=O)OC(C)(C)C)c2ccccc21. The second-order valence-electron chi connectivity index (χ2n) is 7.71. The first-order valence-corrected chi connectivity index (χ1v) is 8.68. The molecule has 1 aliphatic carbocycles. The number of likely N-dealkylation sites (N-methyl/N-ethyl adjacent to an activating group) is 1. The van der Waals surface area contributed by atoms with Crippen LogP contribution in [0.4, 0.5) is 4.79 Å². The molecule has 1 aromatic rings. The number of hydrogen-bond donors (Lipinski definition) is 2. The van der Waals surface area contributed by atoms with E-state index in [4.69, 9.17) is 4.74 Å². The van der Waals surface area contributed by atoms with E-state index in [2.05, 4.69) is 10.6 Å². The highest BCUT2D eigenvalue weighted by atomic mass is 16.6. The zero-order valence-corrected chi connectivity index (χ0v) is 15.8. The molecule has 2 unspecified atom stereocenters. The average Bonchev–Trinajstić information content (AvgIpc) is 2.84. The Labute approximate surface area is 149 Å². The lowest BCUT2D eigenvalue weighted by Crippen LogP contribution is -2.40. The molecule has 2 N–H and O–H groups in total. The highest BCUT2D eigenvalue weighted by Gasteiger charge is 2.38. The van der Waals surface area contributed by atoms with Gasteiger partial charge in [0.25, 0.3) is 0 Å². The van der Waals surface area contributed by atoms with Crippen molar-refractivity contribution in [1.82, 2.24) is 15.5 Å². The molecule has 0 bridgehead atoms. The van der Waals surface area contributed by atoms with E-state index < -0.39 is 5.60 Å². The summed E-state index contributed by atoms with van der Waals surface area (Å²) < 4.78 is 5.55. The predicted molar refractivity (Wildman–Crippen MR) is 97.5 cm³/mol. The minimum Gasteiger partial charge on any atom is -0.459 e. The van der Waals surface area contributed by atoms with Crippen molar-refractivity contribution >= 4 is 12.0 Å². The highest BCUT2D eigenvalue weighted by Crippen LogP contribution is 2.41. The first-order chi connectivity index (χ1) is 11.7.